The van der Waals surface area contributed by atoms with E-state index < -0.39 is 0 Å². The molecule has 19 heavy (non-hydrogen) atoms. The van der Waals surface area contributed by atoms with Crippen LogP contribution in [0.15, 0.2) is 35.5 Å². The second-order valence-electron chi connectivity index (χ2n) is 5.09. The minimum Gasteiger partial charge on any atom is -0.409 e. The molecule has 1 aliphatic rings. The predicted molar refractivity (Wildman–Crippen MR) is 76.5 cm³/mol. The number of likely N-dealkylation sites (N-methyl/N-ethyl adjacent to an activating group) is 1. The first kappa shape index (κ1) is 13.8. The van der Waals surface area contributed by atoms with Gasteiger partial charge in [-0.3, -0.25) is 4.90 Å². The van der Waals surface area contributed by atoms with Crippen LogP contribution in [-0.4, -0.2) is 60.6 Å². The van der Waals surface area contributed by atoms with Gasteiger partial charge < -0.3 is 15.8 Å². The molecule has 0 aliphatic carbocycles. The highest BCUT2D eigenvalue weighted by Crippen LogP contribution is 2.18. The van der Waals surface area contributed by atoms with E-state index in [-0.39, 0.29) is 11.8 Å². The third kappa shape index (κ3) is 3.68. The Hall–Kier alpha value is -1.59. The number of oxime groups is 1. The van der Waals surface area contributed by atoms with Crippen LogP contribution in [0, 0.1) is 0 Å². The largest absolute Gasteiger partial charge is 0.409 e. The van der Waals surface area contributed by atoms with Crippen LogP contribution in [0.5, 0.6) is 0 Å². The molecule has 0 spiro atoms. The maximum atomic E-state index is 8.97. The van der Waals surface area contributed by atoms with Crippen molar-refractivity contribution < 1.29 is 5.21 Å². The normalized spacial score (nSPS) is 20.4. The molecule has 2 rings (SSSR count). The van der Waals surface area contributed by atoms with Crippen LogP contribution >= 0.6 is 0 Å². The summed E-state index contributed by atoms with van der Waals surface area (Å²) in [5, 5.41) is 12.2. The Morgan fingerprint density at radius 1 is 1.26 bits per heavy atom. The molecule has 5 nitrogen and oxygen atoms in total. The molecule has 3 N–H and O–H groups in total. The summed E-state index contributed by atoms with van der Waals surface area (Å²) < 4.78 is 0. The molecular weight excluding hydrogens is 240 g/mol. The Bertz CT molecular complexity index is 413. The van der Waals surface area contributed by atoms with E-state index in [1.807, 2.05) is 30.3 Å². The van der Waals surface area contributed by atoms with Gasteiger partial charge in [0.1, 0.15) is 5.84 Å². The average Bonchev–Trinajstić information content (AvgIpc) is 2.47. The van der Waals surface area contributed by atoms with E-state index in [0.717, 1.165) is 38.3 Å². The predicted octanol–water partition coefficient (Wildman–Crippen LogP) is 0.764. The number of piperazine rings is 1. The number of benzene rings is 1. The molecule has 104 valence electrons. The zero-order valence-corrected chi connectivity index (χ0v) is 11.4. The lowest BCUT2D eigenvalue weighted by Gasteiger charge is -2.34. The Labute approximate surface area is 114 Å². The van der Waals surface area contributed by atoms with E-state index in [2.05, 4.69) is 22.0 Å². The highest BCUT2D eigenvalue weighted by molar-refractivity contribution is 5.87. The SMILES string of the molecule is CN1CCN(CC(C(N)=NO)c2ccccc2)CC1. The third-order valence-electron chi connectivity index (χ3n) is 3.71. The van der Waals surface area contributed by atoms with Crippen LogP contribution in [-0.2, 0) is 0 Å². The molecule has 1 saturated heterocycles. The van der Waals surface area contributed by atoms with Crippen molar-refractivity contribution in [1.29, 1.82) is 0 Å². The molecule has 1 heterocycles. The van der Waals surface area contributed by atoms with Crippen LogP contribution < -0.4 is 5.73 Å². The first-order valence-electron chi connectivity index (χ1n) is 6.64. The lowest BCUT2D eigenvalue weighted by molar-refractivity contribution is 0.152. The van der Waals surface area contributed by atoms with E-state index in [9.17, 15) is 0 Å². The number of nitrogens with two attached hydrogens (primary N) is 1. The van der Waals surface area contributed by atoms with Gasteiger partial charge in [-0.05, 0) is 12.6 Å². The minimum atomic E-state index is -0.0467. The summed E-state index contributed by atoms with van der Waals surface area (Å²) >= 11 is 0. The van der Waals surface area contributed by atoms with E-state index in [1.165, 1.54) is 0 Å². The van der Waals surface area contributed by atoms with Gasteiger partial charge in [0, 0.05) is 32.7 Å². The van der Waals surface area contributed by atoms with Crippen molar-refractivity contribution in [3.05, 3.63) is 35.9 Å². The number of hydrogen-bond donors (Lipinski definition) is 2. The monoisotopic (exact) mass is 262 g/mol. The number of amidine groups is 1. The molecule has 0 radical (unpaired) electrons. The van der Waals surface area contributed by atoms with E-state index >= 15 is 0 Å². The van der Waals surface area contributed by atoms with Crippen molar-refractivity contribution in [2.45, 2.75) is 5.92 Å². The molecule has 5 heteroatoms. The van der Waals surface area contributed by atoms with Crippen molar-refractivity contribution >= 4 is 5.84 Å². The highest BCUT2D eigenvalue weighted by Gasteiger charge is 2.22. The van der Waals surface area contributed by atoms with Crippen LogP contribution in [0.1, 0.15) is 11.5 Å². The average molecular weight is 262 g/mol. The molecule has 0 saturated carbocycles. The first-order chi connectivity index (χ1) is 9.20. The standard InChI is InChI=1S/C14H22N4O/c1-17-7-9-18(10-8-17)11-13(14(15)16-19)12-5-3-2-4-6-12/h2-6,13,19H,7-11H2,1H3,(H2,15,16). The Morgan fingerprint density at radius 3 is 2.47 bits per heavy atom. The van der Waals surface area contributed by atoms with Gasteiger partial charge in [0.15, 0.2) is 0 Å². The fourth-order valence-corrected chi connectivity index (χ4v) is 2.41. The maximum Gasteiger partial charge on any atom is 0.147 e. The second kappa shape index (κ2) is 6.54. The number of rotatable bonds is 4. The van der Waals surface area contributed by atoms with Gasteiger partial charge in [-0.25, -0.2) is 0 Å². The number of nitrogens with zero attached hydrogens (tertiary/aromatic N) is 3. The van der Waals surface area contributed by atoms with Gasteiger partial charge >= 0.3 is 0 Å². The van der Waals surface area contributed by atoms with Crippen LogP contribution in [0.2, 0.25) is 0 Å². The van der Waals surface area contributed by atoms with Crippen molar-refractivity contribution in [3.63, 3.8) is 0 Å². The second-order valence-corrected chi connectivity index (χ2v) is 5.09. The van der Waals surface area contributed by atoms with Crippen LogP contribution in [0.4, 0.5) is 0 Å². The quantitative estimate of drug-likeness (QED) is 0.364. The van der Waals surface area contributed by atoms with Crippen molar-refractivity contribution in [1.82, 2.24) is 9.80 Å². The number of hydrogen-bond acceptors (Lipinski definition) is 4. The molecular formula is C14H22N4O. The van der Waals surface area contributed by atoms with Crippen molar-refractivity contribution in [3.8, 4) is 0 Å². The molecule has 1 aromatic carbocycles. The van der Waals surface area contributed by atoms with E-state index in [0.29, 0.717) is 0 Å². The molecule has 1 atom stereocenters. The molecule has 0 aromatic heterocycles. The van der Waals surface area contributed by atoms with E-state index in [4.69, 9.17) is 10.9 Å². The molecule has 0 amide bonds. The molecule has 0 bridgehead atoms. The molecule has 1 aliphatic heterocycles. The van der Waals surface area contributed by atoms with Crippen molar-refractivity contribution in [2.24, 2.45) is 10.9 Å². The first-order valence-corrected chi connectivity index (χ1v) is 6.64. The van der Waals surface area contributed by atoms with Gasteiger partial charge in [-0.15, -0.1) is 0 Å². The molecule has 1 aromatic rings. The maximum absolute atomic E-state index is 8.97. The van der Waals surface area contributed by atoms with Gasteiger partial charge in [-0.2, -0.15) is 0 Å². The lowest BCUT2D eigenvalue weighted by Crippen LogP contribution is -2.47. The summed E-state index contributed by atoms with van der Waals surface area (Å²) in [7, 11) is 2.13. The summed E-state index contributed by atoms with van der Waals surface area (Å²) in [6.45, 7) is 4.99. The summed E-state index contributed by atoms with van der Waals surface area (Å²) in [5.74, 6) is 0.236. The Morgan fingerprint density at radius 2 is 1.89 bits per heavy atom. The zero-order chi connectivity index (χ0) is 13.7. The lowest BCUT2D eigenvalue weighted by atomic mass is 9.97. The van der Waals surface area contributed by atoms with Gasteiger partial charge in [0.2, 0.25) is 0 Å². The van der Waals surface area contributed by atoms with Gasteiger partial charge in [-0.1, -0.05) is 35.5 Å². The minimum absolute atomic E-state index is 0.0467. The Kier molecular flexibility index (Phi) is 4.76. The summed E-state index contributed by atoms with van der Waals surface area (Å²) in [5.41, 5.74) is 6.95. The van der Waals surface area contributed by atoms with Crippen molar-refractivity contribution in [2.75, 3.05) is 39.8 Å². The van der Waals surface area contributed by atoms with Crippen LogP contribution in [0.25, 0.3) is 0 Å². The van der Waals surface area contributed by atoms with Crippen LogP contribution in [0.3, 0.4) is 0 Å². The molecule has 1 fully saturated rings. The topological polar surface area (TPSA) is 65.1 Å². The summed E-state index contributed by atoms with van der Waals surface area (Å²) in [6.07, 6.45) is 0. The van der Waals surface area contributed by atoms with E-state index in [1.54, 1.807) is 0 Å². The fraction of sp³-hybridized carbons (Fsp3) is 0.500. The highest BCUT2D eigenvalue weighted by atomic mass is 16.4. The molecule has 1 unspecified atom stereocenters. The zero-order valence-electron chi connectivity index (χ0n) is 11.4. The summed E-state index contributed by atoms with van der Waals surface area (Å²) in [4.78, 5) is 4.69. The van der Waals surface area contributed by atoms with Gasteiger partial charge in [0.25, 0.3) is 0 Å². The smallest absolute Gasteiger partial charge is 0.147 e. The third-order valence-corrected chi connectivity index (χ3v) is 3.71. The Balaban J connectivity index is 2.07. The fourth-order valence-electron chi connectivity index (χ4n) is 2.41. The van der Waals surface area contributed by atoms with Gasteiger partial charge in [0.05, 0.1) is 5.92 Å². The summed E-state index contributed by atoms with van der Waals surface area (Å²) in [6, 6.07) is 9.99.